The van der Waals surface area contributed by atoms with Crippen LogP contribution in [0.2, 0.25) is 5.02 Å². The summed E-state index contributed by atoms with van der Waals surface area (Å²) in [7, 11) is 0. The van der Waals surface area contributed by atoms with Crippen LogP contribution in [0.5, 0.6) is 5.75 Å². The predicted octanol–water partition coefficient (Wildman–Crippen LogP) is 3.90. The van der Waals surface area contributed by atoms with E-state index in [4.69, 9.17) is 16.3 Å². The minimum Gasteiger partial charge on any atom is -0.507 e. The van der Waals surface area contributed by atoms with Crippen LogP contribution in [0.25, 0.3) is 5.76 Å². The first-order chi connectivity index (χ1) is 15.4. The van der Waals surface area contributed by atoms with Crippen LogP contribution in [0.1, 0.15) is 37.9 Å². The number of aliphatic hydroxyl groups is 1. The molecule has 2 aromatic rings. The Morgan fingerprint density at radius 3 is 2.47 bits per heavy atom. The minimum atomic E-state index is -0.736. The minimum absolute atomic E-state index is 0.0105. The molecule has 1 aliphatic rings. The van der Waals surface area contributed by atoms with Crippen molar-refractivity contribution in [3.05, 3.63) is 64.4 Å². The van der Waals surface area contributed by atoms with Crippen molar-refractivity contribution in [3.8, 4) is 5.75 Å². The lowest BCUT2D eigenvalue weighted by atomic mass is 9.96. The van der Waals surface area contributed by atoms with Gasteiger partial charge in [0.25, 0.3) is 11.7 Å². The van der Waals surface area contributed by atoms with E-state index in [1.54, 1.807) is 42.7 Å². The Bertz CT molecular complexity index is 1010. The average molecular weight is 458 g/mol. The number of amides is 1. The van der Waals surface area contributed by atoms with E-state index >= 15 is 0 Å². The van der Waals surface area contributed by atoms with Crippen LogP contribution in [-0.4, -0.2) is 64.4 Å². The normalized spacial score (nSPS) is 17.9. The number of likely N-dealkylation sites (tertiary alicyclic amines) is 1. The van der Waals surface area contributed by atoms with E-state index in [2.05, 4.69) is 9.88 Å². The van der Waals surface area contributed by atoms with E-state index in [9.17, 15) is 14.7 Å². The predicted molar refractivity (Wildman–Crippen MR) is 124 cm³/mol. The average Bonchev–Trinajstić information content (AvgIpc) is 3.06. The maximum Gasteiger partial charge on any atom is 0.295 e. The largest absolute Gasteiger partial charge is 0.507 e. The quantitative estimate of drug-likeness (QED) is 0.349. The summed E-state index contributed by atoms with van der Waals surface area (Å²) in [4.78, 5) is 33.9. The van der Waals surface area contributed by atoms with Crippen LogP contribution in [0.15, 0.2) is 48.3 Å². The molecule has 1 N–H and O–H groups in total. The number of carbonyl (C=O) groups is 2. The summed E-state index contributed by atoms with van der Waals surface area (Å²) in [6.45, 7) is 9.01. The maximum atomic E-state index is 13.1. The molecule has 32 heavy (non-hydrogen) atoms. The molecule has 1 aliphatic heterocycles. The Kier molecular flexibility index (Phi) is 7.88. The Balaban J connectivity index is 2.11. The first-order valence-electron chi connectivity index (χ1n) is 10.8. The summed E-state index contributed by atoms with van der Waals surface area (Å²) in [6, 6.07) is 7.61. The summed E-state index contributed by atoms with van der Waals surface area (Å²) in [5.74, 6) is -1.18. The molecule has 1 saturated heterocycles. The zero-order valence-corrected chi connectivity index (χ0v) is 19.3. The van der Waals surface area contributed by atoms with Crippen molar-refractivity contribution in [2.45, 2.75) is 26.8 Å². The number of likely N-dealkylation sites (N-methyl/N-ethyl adjacent to an activating group) is 1. The molecule has 3 rings (SSSR count). The molecule has 7 nitrogen and oxygen atoms in total. The molecular weight excluding hydrogens is 430 g/mol. The van der Waals surface area contributed by atoms with E-state index in [1.165, 1.54) is 4.90 Å². The summed E-state index contributed by atoms with van der Waals surface area (Å²) in [5, 5.41) is 11.5. The standard InChI is InChI=1S/C24H28ClN3O4/c1-4-27(5-2)13-14-28-21(16-9-11-26-12-10-16)20(23(30)24(28)31)22(29)18-15-17(32-6-3)7-8-19(18)25/h7-12,15,21,29H,4-6,13-14H2,1-3H3/b22-20+. The molecule has 1 aromatic carbocycles. The second-order valence-electron chi connectivity index (χ2n) is 7.37. The molecule has 1 amide bonds. The lowest BCUT2D eigenvalue weighted by molar-refractivity contribution is -0.140. The van der Waals surface area contributed by atoms with Gasteiger partial charge in [0.15, 0.2) is 0 Å². The van der Waals surface area contributed by atoms with Gasteiger partial charge in [0.1, 0.15) is 11.5 Å². The first kappa shape index (κ1) is 23.8. The molecule has 1 atom stereocenters. The van der Waals surface area contributed by atoms with Gasteiger partial charge < -0.3 is 19.6 Å². The zero-order chi connectivity index (χ0) is 23.3. The van der Waals surface area contributed by atoms with Gasteiger partial charge in [0.2, 0.25) is 0 Å². The SMILES string of the molecule is CCOc1ccc(Cl)c(/C(O)=C2\C(=O)C(=O)N(CCN(CC)CC)C2c2ccncc2)c1. The van der Waals surface area contributed by atoms with Crippen molar-refractivity contribution in [1.82, 2.24) is 14.8 Å². The van der Waals surface area contributed by atoms with Gasteiger partial charge in [0, 0.05) is 31.0 Å². The number of hydrogen-bond donors (Lipinski definition) is 1. The van der Waals surface area contributed by atoms with E-state index < -0.39 is 17.7 Å². The number of nitrogens with zero attached hydrogens (tertiary/aromatic N) is 3. The van der Waals surface area contributed by atoms with Gasteiger partial charge in [-0.1, -0.05) is 25.4 Å². The van der Waals surface area contributed by atoms with Gasteiger partial charge in [-0.05, 0) is 55.9 Å². The number of benzene rings is 1. The van der Waals surface area contributed by atoms with Crippen LogP contribution in [0.3, 0.4) is 0 Å². The van der Waals surface area contributed by atoms with E-state index in [0.29, 0.717) is 31.0 Å². The number of Topliss-reactive ketones (excluding diaryl/α,β-unsaturated/α-hetero) is 1. The molecule has 1 fully saturated rings. The number of aromatic nitrogens is 1. The van der Waals surface area contributed by atoms with Crippen LogP contribution in [0, 0.1) is 0 Å². The molecule has 1 aromatic heterocycles. The summed E-state index contributed by atoms with van der Waals surface area (Å²) < 4.78 is 5.52. The monoisotopic (exact) mass is 457 g/mol. The van der Waals surface area contributed by atoms with Crippen molar-refractivity contribution in [3.63, 3.8) is 0 Å². The number of aliphatic hydroxyl groups excluding tert-OH is 1. The number of ketones is 1. The highest BCUT2D eigenvalue weighted by molar-refractivity contribution is 6.47. The number of halogens is 1. The molecule has 170 valence electrons. The number of ether oxygens (including phenoxy) is 1. The third-order valence-corrected chi connectivity index (χ3v) is 5.95. The Labute approximate surface area is 193 Å². The molecule has 0 spiro atoms. The molecule has 0 saturated carbocycles. The van der Waals surface area contributed by atoms with Gasteiger partial charge in [-0.25, -0.2) is 0 Å². The highest BCUT2D eigenvalue weighted by atomic mass is 35.5. The fourth-order valence-corrected chi connectivity index (χ4v) is 4.09. The van der Waals surface area contributed by atoms with E-state index in [0.717, 1.165) is 13.1 Å². The van der Waals surface area contributed by atoms with Gasteiger partial charge in [0.05, 0.1) is 23.2 Å². The molecule has 2 heterocycles. The van der Waals surface area contributed by atoms with Crippen LogP contribution >= 0.6 is 11.6 Å². The molecule has 0 radical (unpaired) electrons. The Morgan fingerprint density at radius 2 is 1.84 bits per heavy atom. The summed E-state index contributed by atoms with van der Waals surface area (Å²) >= 11 is 6.35. The van der Waals surface area contributed by atoms with Crippen molar-refractivity contribution in [2.24, 2.45) is 0 Å². The number of pyridine rings is 1. The fourth-order valence-electron chi connectivity index (χ4n) is 3.88. The fraction of sp³-hybridized carbons (Fsp3) is 0.375. The van der Waals surface area contributed by atoms with Crippen molar-refractivity contribution in [1.29, 1.82) is 0 Å². The second-order valence-corrected chi connectivity index (χ2v) is 7.78. The topological polar surface area (TPSA) is 83.0 Å². The highest BCUT2D eigenvalue weighted by Gasteiger charge is 2.46. The van der Waals surface area contributed by atoms with Crippen LogP contribution in [-0.2, 0) is 9.59 Å². The summed E-state index contributed by atoms with van der Waals surface area (Å²) in [5.41, 5.74) is 0.951. The maximum absolute atomic E-state index is 13.1. The third-order valence-electron chi connectivity index (χ3n) is 5.62. The lowest BCUT2D eigenvalue weighted by Crippen LogP contribution is -2.38. The molecular formula is C24H28ClN3O4. The smallest absolute Gasteiger partial charge is 0.295 e. The van der Waals surface area contributed by atoms with Crippen LogP contribution < -0.4 is 4.74 Å². The van der Waals surface area contributed by atoms with Crippen molar-refractivity contribution >= 4 is 29.1 Å². The summed E-state index contributed by atoms with van der Waals surface area (Å²) in [6.07, 6.45) is 3.20. The molecule has 8 heteroatoms. The number of hydrogen-bond acceptors (Lipinski definition) is 6. The lowest BCUT2D eigenvalue weighted by Gasteiger charge is -2.28. The molecule has 0 aliphatic carbocycles. The van der Waals surface area contributed by atoms with E-state index in [1.807, 2.05) is 20.8 Å². The van der Waals surface area contributed by atoms with Crippen LogP contribution in [0.4, 0.5) is 0 Å². The first-order valence-corrected chi connectivity index (χ1v) is 11.1. The van der Waals surface area contributed by atoms with Gasteiger partial charge in [-0.3, -0.25) is 14.6 Å². The number of carbonyl (C=O) groups excluding carboxylic acids is 2. The van der Waals surface area contributed by atoms with Gasteiger partial charge in [-0.15, -0.1) is 0 Å². The van der Waals surface area contributed by atoms with Crippen molar-refractivity contribution < 1.29 is 19.4 Å². The van der Waals surface area contributed by atoms with Crippen molar-refractivity contribution in [2.75, 3.05) is 32.8 Å². The van der Waals surface area contributed by atoms with Gasteiger partial charge in [-0.2, -0.15) is 0 Å². The zero-order valence-electron chi connectivity index (χ0n) is 18.5. The highest BCUT2D eigenvalue weighted by Crippen LogP contribution is 2.40. The molecule has 1 unspecified atom stereocenters. The van der Waals surface area contributed by atoms with Gasteiger partial charge >= 0.3 is 0 Å². The number of rotatable bonds is 9. The Hall–Kier alpha value is -2.90. The molecule has 0 bridgehead atoms. The second kappa shape index (κ2) is 10.6. The third kappa shape index (κ3) is 4.79. The Morgan fingerprint density at radius 1 is 1.16 bits per heavy atom. The van der Waals surface area contributed by atoms with E-state index in [-0.39, 0.29) is 21.9 Å².